The highest BCUT2D eigenvalue weighted by Crippen LogP contribution is 2.27. The zero-order chi connectivity index (χ0) is 13.1. The molecule has 0 saturated carbocycles. The number of nitrogens with zero attached hydrogens (tertiary/aromatic N) is 1. The van der Waals surface area contributed by atoms with Gasteiger partial charge in [0.15, 0.2) is 5.78 Å². The number of ketones is 1. The molecule has 19 heavy (non-hydrogen) atoms. The van der Waals surface area contributed by atoms with Gasteiger partial charge in [0.05, 0.1) is 0 Å². The van der Waals surface area contributed by atoms with E-state index in [0.29, 0.717) is 5.78 Å². The Labute approximate surface area is 115 Å². The molecule has 0 N–H and O–H groups in total. The molecule has 1 heterocycles. The number of likely N-dealkylation sites (tertiary alicyclic amines) is 1. The first-order valence-corrected chi connectivity index (χ1v) is 7.33. The molecule has 0 spiro atoms. The summed E-state index contributed by atoms with van der Waals surface area (Å²) in [4.78, 5) is 13.7. The maximum Gasteiger partial charge on any atom is 0.157 e. The molecule has 0 unspecified atom stereocenters. The van der Waals surface area contributed by atoms with E-state index in [-0.39, 0.29) is 0 Å². The Morgan fingerprint density at radius 2 is 1.79 bits per heavy atom. The number of hydrogen-bond donors (Lipinski definition) is 0. The van der Waals surface area contributed by atoms with E-state index in [4.69, 9.17) is 0 Å². The second kappa shape index (κ2) is 5.60. The summed E-state index contributed by atoms with van der Waals surface area (Å²) in [6.45, 7) is 2.24. The van der Waals surface area contributed by atoms with E-state index in [1.165, 1.54) is 30.5 Å². The summed E-state index contributed by atoms with van der Waals surface area (Å²) in [5, 5.41) is 0. The minimum Gasteiger partial charge on any atom is -0.375 e. The number of piperidine rings is 1. The van der Waals surface area contributed by atoms with Gasteiger partial charge in [-0.1, -0.05) is 30.3 Å². The van der Waals surface area contributed by atoms with Crippen LogP contribution in [-0.2, 0) is 11.2 Å². The maximum absolute atomic E-state index is 11.3. The van der Waals surface area contributed by atoms with Crippen LogP contribution in [0.15, 0.2) is 42.1 Å². The Bertz CT molecular complexity index is 469. The van der Waals surface area contributed by atoms with Gasteiger partial charge < -0.3 is 4.90 Å². The lowest BCUT2D eigenvalue weighted by atomic mass is 9.90. The summed E-state index contributed by atoms with van der Waals surface area (Å²) < 4.78 is 0. The SMILES string of the molecule is O=C1C=C(N2CCC(Cc3ccccc3)CC2)CC1. The van der Waals surface area contributed by atoms with Crippen molar-refractivity contribution in [1.29, 1.82) is 0 Å². The zero-order valence-electron chi connectivity index (χ0n) is 11.3. The fraction of sp³-hybridized carbons (Fsp3) is 0.471. The van der Waals surface area contributed by atoms with Crippen LogP contribution in [0.3, 0.4) is 0 Å². The highest BCUT2D eigenvalue weighted by Gasteiger charge is 2.23. The van der Waals surface area contributed by atoms with Crippen molar-refractivity contribution in [1.82, 2.24) is 4.90 Å². The minimum atomic E-state index is 0.307. The smallest absolute Gasteiger partial charge is 0.157 e. The second-order valence-electron chi connectivity index (χ2n) is 5.72. The number of rotatable bonds is 3. The molecular weight excluding hydrogens is 234 g/mol. The number of hydrogen-bond acceptors (Lipinski definition) is 2. The summed E-state index contributed by atoms with van der Waals surface area (Å²) in [5.41, 5.74) is 2.74. The third-order valence-corrected chi connectivity index (χ3v) is 4.34. The Kier molecular flexibility index (Phi) is 3.67. The van der Waals surface area contributed by atoms with Crippen LogP contribution in [0.2, 0.25) is 0 Å². The van der Waals surface area contributed by atoms with Crippen molar-refractivity contribution in [3.05, 3.63) is 47.7 Å². The molecule has 2 heteroatoms. The molecule has 0 atom stereocenters. The van der Waals surface area contributed by atoms with Crippen LogP contribution in [-0.4, -0.2) is 23.8 Å². The Morgan fingerprint density at radius 1 is 1.05 bits per heavy atom. The standard InChI is InChI=1S/C17H21NO/c19-17-7-6-16(13-17)18-10-8-15(9-11-18)12-14-4-2-1-3-5-14/h1-5,13,15H,6-12H2. The van der Waals surface area contributed by atoms with Crippen LogP contribution in [0.1, 0.15) is 31.2 Å². The topological polar surface area (TPSA) is 20.3 Å². The monoisotopic (exact) mass is 255 g/mol. The normalized spacial score (nSPS) is 20.7. The predicted octanol–water partition coefficient (Wildman–Crippen LogP) is 3.19. The molecule has 0 radical (unpaired) electrons. The van der Waals surface area contributed by atoms with E-state index in [0.717, 1.165) is 31.8 Å². The molecule has 0 amide bonds. The Hall–Kier alpha value is -1.57. The Morgan fingerprint density at radius 3 is 2.42 bits per heavy atom. The highest BCUT2D eigenvalue weighted by atomic mass is 16.1. The third kappa shape index (κ3) is 3.06. The largest absolute Gasteiger partial charge is 0.375 e. The molecule has 1 aliphatic carbocycles. The van der Waals surface area contributed by atoms with Crippen molar-refractivity contribution < 1.29 is 4.79 Å². The van der Waals surface area contributed by atoms with Crippen molar-refractivity contribution in [2.24, 2.45) is 5.92 Å². The van der Waals surface area contributed by atoms with Crippen molar-refractivity contribution in [3.63, 3.8) is 0 Å². The Balaban J connectivity index is 1.52. The lowest BCUT2D eigenvalue weighted by Crippen LogP contribution is -2.33. The predicted molar refractivity (Wildman–Crippen MR) is 76.8 cm³/mol. The van der Waals surface area contributed by atoms with Crippen LogP contribution in [0.25, 0.3) is 0 Å². The van der Waals surface area contributed by atoms with Gasteiger partial charge in [-0.05, 0) is 37.2 Å². The van der Waals surface area contributed by atoms with E-state index in [1.807, 2.05) is 6.08 Å². The first-order valence-electron chi connectivity index (χ1n) is 7.33. The zero-order valence-corrected chi connectivity index (χ0v) is 11.3. The van der Waals surface area contributed by atoms with Crippen LogP contribution >= 0.6 is 0 Å². The summed E-state index contributed by atoms with van der Waals surface area (Å²) in [6, 6.07) is 10.8. The van der Waals surface area contributed by atoms with Gasteiger partial charge in [-0.15, -0.1) is 0 Å². The van der Waals surface area contributed by atoms with Gasteiger partial charge in [-0.25, -0.2) is 0 Å². The van der Waals surface area contributed by atoms with Crippen LogP contribution in [0, 0.1) is 5.92 Å². The molecule has 1 saturated heterocycles. The van der Waals surface area contributed by atoms with Crippen LogP contribution in [0.4, 0.5) is 0 Å². The molecule has 1 aliphatic heterocycles. The van der Waals surface area contributed by atoms with E-state index in [9.17, 15) is 4.79 Å². The van der Waals surface area contributed by atoms with E-state index in [1.54, 1.807) is 0 Å². The van der Waals surface area contributed by atoms with E-state index < -0.39 is 0 Å². The first-order chi connectivity index (χ1) is 9.31. The average molecular weight is 255 g/mol. The van der Waals surface area contributed by atoms with Gasteiger partial charge in [0.2, 0.25) is 0 Å². The van der Waals surface area contributed by atoms with Crippen molar-refractivity contribution in [3.8, 4) is 0 Å². The third-order valence-electron chi connectivity index (χ3n) is 4.34. The van der Waals surface area contributed by atoms with Gasteiger partial charge in [0.1, 0.15) is 0 Å². The second-order valence-corrected chi connectivity index (χ2v) is 5.72. The number of allylic oxidation sites excluding steroid dienone is 2. The van der Waals surface area contributed by atoms with Gasteiger partial charge in [-0.2, -0.15) is 0 Å². The molecule has 3 rings (SSSR count). The molecule has 1 aromatic rings. The van der Waals surface area contributed by atoms with E-state index >= 15 is 0 Å². The fourth-order valence-electron chi connectivity index (χ4n) is 3.20. The molecule has 0 bridgehead atoms. The highest BCUT2D eigenvalue weighted by molar-refractivity contribution is 5.92. The van der Waals surface area contributed by atoms with Crippen LogP contribution in [0.5, 0.6) is 0 Å². The number of carbonyl (C=O) groups is 1. The number of carbonyl (C=O) groups excluding carboxylic acids is 1. The average Bonchev–Trinajstić information content (AvgIpc) is 2.87. The first kappa shape index (κ1) is 12.5. The number of benzene rings is 1. The molecule has 2 aliphatic rings. The van der Waals surface area contributed by atoms with Crippen LogP contribution < -0.4 is 0 Å². The minimum absolute atomic E-state index is 0.307. The van der Waals surface area contributed by atoms with E-state index in [2.05, 4.69) is 35.2 Å². The molecular formula is C17H21NO. The molecule has 1 aromatic carbocycles. The van der Waals surface area contributed by atoms with Crippen molar-refractivity contribution >= 4 is 5.78 Å². The fourth-order valence-corrected chi connectivity index (χ4v) is 3.20. The van der Waals surface area contributed by atoms with Gasteiger partial charge in [0, 0.05) is 31.3 Å². The molecule has 2 nitrogen and oxygen atoms in total. The summed E-state index contributed by atoms with van der Waals surface area (Å²) >= 11 is 0. The maximum atomic E-state index is 11.3. The summed E-state index contributed by atoms with van der Waals surface area (Å²) in [7, 11) is 0. The molecule has 1 fully saturated rings. The molecule has 100 valence electrons. The quantitative estimate of drug-likeness (QED) is 0.826. The van der Waals surface area contributed by atoms with Gasteiger partial charge >= 0.3 is 0 Å². The van der Waals surface area contributed by atoms with Crippen molar-refractivity contribution in [2.45, 2.75) is 32.1 Å². The van der Waals surface area contributed by atoms with Crippen molar-refractivity contribution in [2.75, 3.05) is 13.1 Å². The van der Waals surface area contributed by atoms with Gasteiger partial charge in [0.25, 0.3) is 0 Å². The van der Waals surface area contributed by atoms with Gasteiger partial charge in [-0.3, -0.25) is 4.79 Å². The lowest BCUT2D eigenvalue weighted by Gasteiger charge is -2.34. The summed E-state index contributed by atoms with van der Waals surface area (Å²) in [5.74, 6) is 1.11. The summed E-state index contributed by atoms with van der Waals surface area (Å²) in [6.07, 6.45) is 7.24. The molecule has 0 aromatic heterocycles. The lowest BCUT2D eigenvalue weighted by molar-refractivity contribution is -0.114.